The fourth-order valence-corrected chi connectivity index (χ4v) is 2.45. The van der Waals surface area contributed by atoms with Gasteiger partial charge in [-0.05, 0) is 30.5 Å². The quantitative estimate of drug-likeness (QED) is 0.732. The molecule has 0 aliphatic rings. The zero-order valence-corrected chi connectivity index (χ0v) is 14.5. The zero-order valence-electron chi connectivity index (χ0n) is 14.5. The molecule has 2 N–H and O–H groups in total. The molecular formula is C17H19F3N6. The number of hydrogen-bond donors (Lipinski definition) is 2. The predicted molar refractivity (Wildman–Crippen MR) is 91.7 cm³/mol. The summed E-state index contributed by atoms with van der Waals surface area (Å²) in [5, 5.41) is 23.5. The van der Waals surface area contributed by atoms with E-state index in [9.17, 15) is 18.4 Å². The first-order valence-electron chi connectivity index (χ1n) is 8.20. The number of anilines is 2. The highest BCUT2D eigenvalue weighted by Gasteiger charge is 2.30. The summed E-state index contributed by atoms with van der Waals surface area (Å²) in [5.74, 6) is 0.741. The van der Waals surface area contributed by atoms with E-state index in [4.69, 9.17) is 0 Å². The van der Waals surface area contributed by atoms with Gasteiger partial charge in [0.25, 0.3) is 0 Å². The predicted octanol–water partition coefficient (Wildman–Crippen LogP) is 3.41. The van der Waals surface area contributed by atoms with Crippen molar-refractivity contribution in [2.45, 2.75) is 32.9 Å². The molecule has 0 aliphatic heterocycles. The van der Waals surface area contributed by atoms with Crippen molar-refractivity contribution in [3.63, 3.8) is 0 Å². The highest BCUT2D eigenvalue weighted by molar-refractivity contribution is 5.56. The summed E-state index contributed by atoms with van der Waals surface area (Å²) in [4.78, 5) is 3.73. The Morgan fingerprint density at radius 2 is 1.81 bits per heavy atom. The number of alkyl halides is 3. The third-order valence-electron chi connectivity index (χ3n) is 3.77. The van der Waals surface area contributed by atoms with Crippen LogP contribution in [-0.2, 0) is 19.0 Å². The average Bonchev–Trinajstić information content (AvgIpc) is 2.64. The molecule has 0 saturated heterocycles. The Bertz CT molecular complexity index is 781. The molecule has 0 fully saturated rings. The maximum absolute atomic E-state index is 12.5. The molecule has 0 amide bonds. The number of aromatic nitrogens is 3. The molecule has 0 atom stereocenters. The van der Waals surface area contributed by atoms with Crippen LogP contribution in [0.5, 0.6) is 0 Å². The van der Waals surface area contributed by atoms with E-state index >= 15 is 0 Å². The van der Waals surface area contributed by atoms with Crippen molar-refractivity contribution in [2.24, 2.45) is 0 Å². The highest BCUT2D eigenvalue weighted by atomic mass is 19.4. The van der Waals surface area contributed by atoms with Crippen LogP contribution < -0.4 is 10.6 Å². The third-order valence-corrected chi connectivity index (χ3v) is 3.77. The molecule has 2 aromatic heterocycles. The largest absolute Gasteiger partial charge is 0.417 e. The molecule has 0 radical (unpaired) electrons. The van der Waals surface area contributed by atoms with Crippen LogP contribution in [0.25, 0.3) is 0 Å². The number of nitrogens with zero attached hydrogens (tertiary/aromatic N) is 4. The number of hydrogen-bond acceptors (Lipinski definition) is 6. The number of halogens is 3. The summed E-state index contributed by atoms with van der Waals surface area (Å²) in [7, 11) is 0. The Hall–Kier alpha value is -2.89. The highest BCUT2D eigenvalue weighted by Crippen LogP contribution is 2.28. The van der Waals surface area contributed by atoms with E-state index in [2.05, 4.69) is 31.9 Å². The van der Waals surface area contributed by atoms with Gasteiger partial charge in [0.1, 0.15) is 17.5 Å². The molecule has 0 aliphatic carbocycles. The minimum atomic E-state index is -4.40. The van der Waals surface area contributed by atoms with Crippen LogP contribution in [0.1, 0.15) is 36.2 Å². The van der Waals surface area contributed by atoms with Gasteiger partial charge in [0.05, 0.1) is 11.3 Å². The van der Waals surface area contributed by atoms with Crippen molar-refractivity contribution in [2.75, 3.05) is 23.7 Å². The van der Waals surface area contributed by atoms with Crippen LogP contribution in [0.4, 0.5) is 24.8 Å². The van der Waals surface area contributed by atoms with Crippen molar-refractivity contribution in [3.05, 3.63) is 40.7 Å². The zero-order chi connectivity index (χ0) is 19.2. The summed E-state index contributed by atoms with van der Waals surface area (Å²) in [6.45, 7) is 4.71. The minimum Gasteiger partial charge on any atom is -0.368 e. The molecule has 2 rings (SSSR count). The second-order valence-corrected chi connectivity index (χ2v) is 5.45. The normalized spacial score (nSPS) is 11.1. The Kier molecular flexibility index (Phi) is 6.33. The van der Waals surface area contributed by atoms with Crippen molar-refractivity contribution >= 4 is 11.6 Å². The Labute approximate surface area is 149 Å². The summed E-state index contributed by atoms with van der Waals surface area (Å²) in [6, 6.07) is 4.41. The Balaban J connectivity index is 1.95. The van der Waals surface area contributed by atoms with Crippen LogP contribution in [0.3, 0.4) is 0 Å². The molecule has 0 bridgehead atoms. The van der Waals surface area contributed by atoms with Crippen LogP contribution >= 0.6 is 0 Å². The van der Waals surface area contributed by atoms with Gasteiger partial charge in [0.15, 0.2) is 5.82 Å². The van der Waals surface area contributed by atoms with E-state index in [1.54, 1.807) is 0 Å². The molecule has 2 heterocycles. The summed E-state index contributed by atoms with van der Waals surface area (Å²) >= 11 is 0. The molecule has 2 aromatic rings. The average molecular weight is 364 g/mol. The molecule has 26 heavy (non-hydrogen) atoms. The molecule has 0 saturated carbocycles. The van der Waals surface area contributed by atoms with E-state index in [1.807, 2.05) is 13.8 Å². The molecular weight excluding hydrogens is 345 g/mol. The van der Waals surface area contributed by atoms with Gasteiger partial charge < -0.3 is 10.6 Å². The monoisotopic (exact) mass is 364 g/mol. The second kappa shape index (κ2) is 8.47. The molecule has 6 nitrogen and oxygen atoms in total. The van der Waals surface area contributed by atoms with Crippen molar-refractivity contribution in [3.8, 4) is 6.07 Å². The lowest BCUT2D eigenvalue weighted by Crippen LogP contribution is -2.17. The van der Waals surface area contributed by atoms with E-state index in [1.165, 1.54) is 6.07 Å². The topological polar surface area (TPSA) is 86.5 Å². The summed E-state index contributed by atoms with van der Waals surface area (Å²) in [6.07, 6.45) is -2.23. The first-order chi connectivity index (χ1) is 12.4. The second-order valence-electron chi connectivity index (χ2n) is 5.45. The lowest BCUT2D eigenvalue weighted by Gasteiger charge is -2.12. The smallest absolute Gasteiger partial charge is 0.368 e. The SMILES string of the molecule is CCc1nnc(NCCNc2ccc(C(F)(F)F)cn2)c(C#N)c1CC. The van der Waals surface area contributed by atoms with Gasteiger partial charge in [-0.3, -0.25) is 0 Å². The van der Waals surface area contributed by atoms with Crippen LogP contribution in [0.15, 0.2) is 18.3 Å². The van der Waals surface area contributed by atoms with Gasteiger partial charge in [-0.15, -0.1) is 5.10 Å². The van der Waals surface area contributed by atoms with E-state index in [-0.39, 0.29) is 0 Å². The Morgan fingerprint density at radius 1 is 1.08 bits per heavy atom. The molecule has 0 aromatic carbocycles. The van der Waals surface area contributed by atoms with Crippen molar-refractivity contribution < 1.29 is 13.2 Å². The lowest BCUT2D eigenvalue weighted by atomic mass is 10.0. The van der Waals surface area contributed by atoms with Gasteiger partial charge in [-0.2, -0.15) is 23.5 Å². The summed E-state index contributed by atoms with van der Waals surface area (Å²) in [5.41, 5.74) is 1.37. The van der Waals surface area contributed by atoms with E-state index in [0.29, 0.717) is 43.1 Å². The maximum Gasteiger partial charge on any atom is 0.417 e. The van der Waals surface area contributed by atoms with Gasteiger partial charge in [-0.25, -0.2) is 4.98 Å². The molecule has 0 unspecified atom stereocenters. The van der Waals surface area contributed by atoms with Crippen molar-refractivity contribution in [1.82, 2.24) is 15.2 Å². The van der Waals surface area contributed by atoms with Gasteiger partial charge >= 0.3 is 6.18 Å². The van der Waals surface area contributed by atoms with Gasteiger partial charge in [0, 0.05) is 19.3 Å². The lowest BCUT2D eigenvalue weighted by molar-refractivity contribution is -0.137. The van der Waals surface area contributed by atoms with E-state index < -0.39 is 11.7 Å². The third kappa shape index (κ3) is 4.59. The number of nitriles is 1. The van der Waals surface area contributed by atoms with Gasteiger partial charge in [-0.1, -0.05) is 13.8 Å². The number of rotatable bonds is 7. The maximum atomic E-state index is 12.5. The summed E-state index contributed by atoms with van der Waals surface area (Å²) < 4.78 is 37.5. The fraction of sp³-hybridized carbons (Fsp3) is 0.412. The number of nitrogens with one attached hydrogen (secondary N) is 2. The molecule has 0 spiro atoms. The fourth-order valence-electron chi connectivity index (χ4n) is 2.45. The standard InChI is InChI=1S/C17H19F3N6/c1-3-12-13(9-21)16(26-25-14(12)4-2)23-8-7-22-15-6-5-11(10-24-15)17(18,19)20/h5-6,10H,3-4,7-8H2,1-2H3,(H,22,24)(H,23,26). The number of pyridine rings is 1. The van der Waals surface area contributed by atoms with Crippen molar-refractivity contribution in [1.29, 1.82) is 5.26 Å². The molecule has 9 heteroatoms. The van der Waals surface area contributed by atoms with E-state index in [0.717, 1.165) is 23.5 Å². The first-order valence-corrected chi connectivity index (χ1v) is 8.20. The Morgan fingerprint density at radius 3 is 2.35 bits per heavy atom. The number of aryl methyl sites for hydroxylation is 1. The van der Waals surface area contributed by atoms with Crippen LogP contribution in [0, 0.1) is 11.3 Å². The van der Waals surface area contributed by atoms with Gasteiger partial charge in [0.2, 0.25) is 0 Å². The van der Waals surface area contributed by atoms with Crippen LogP contribution in [0.2, 0.25) is 0 Å². The molecule has 138 valence electrons. The van der Waals surface area contributed by atoms with Crippen LogP contribution in [-0.4, -0.2) is 28.3 Å². The first kappa shape index (κ1) is 19.4. The minimum absolute atomic E-state index is 0.335.